The van der Waals surface area contributed by atoms with Gasteiger partial charge < -0.3 is 20.0 Å². The fourth-order valence-electron chi connectivity index (χ4n) is 3.30. The monoisotopic (exact) mass is 473 g/mol. The zero-order valence-corrected chi connectivity index (χ0v) is 22.6. The number of aliphatic hydroxyl groups excluding tert-OH is 1. The van der Waals surface area contributed by atoms with Crippen molar-refractivity contribution in [3.63, 3.8) is 0 Å². The second kappa shape index (κ2) is 8.37. The van der Waals surface area contributed by atoms with E-state index in [-0.39, 0.29) is 10.1 Å². The Morgan fingerprint density at radius 1 is 1.23 bits per heavy atom. The Balaban J connectivity index is 2.47. The molecule has 1 aromatic heterocycles. The van der Waals surface area contributed by atoms with Crippen LogP contribution in [0, 0.1) is 5.82 Å². The van der Waals surface area contributed by atoms with Crippen molar-refractivity contribution in [2.24, 2.45) is 0 Å². The highest BCUT2D eigenvalue weighted by Gasteiger charge is 2.53. The Morgan fingerprint density at radius 3 is 2.26 bits per heavy atom. The molecule has 0 aromatic carbocycles. The van der Waals surface area contributed by atoms with E-state index in [1.54, 1.807) is 0 Å². The maximum atomic E-state index is 14.1. The molecule has 0 bridgehead atoms. The third-order valence-electron chi connectivity index (χ3n) is 7.59. The van der Waals surface area contributed by atoms with Gasteiger partial charge in [-0.1, -0.05) is 54.6 Å². The molecule has 10 heteroatoms. The maximum Gasteiger partial charge on any atom is 0.351 e. The van der Waals surface area contributed by atoms with Gasteiger partial charge in [-0.25, -0.2) is 9.18 Å². The second-order valence-electron chi connectivity index (χ2n) is 11.8. The van der Waals surface area contributed by atoms with Crippen molar-refractivity contribution in [2.75, 3.05) is 5.73 Å². The summed E-state index contributed by atoms with van der Waals surface area (Å²) in [7, 11) is -4.43. The summed E-state index contributed by atoms with van der Waals surface area (Å²) < 4.78 is 28.1. The number of hydrogen-bond acceptors (Lipinski definition) is 6. The number of rotatable bonds is 5. The lowest BCUT2D eigenvalue weighted by molar-refractivity contribution is -0.0608. The molecule has 2 rings (SSSR count). The molecule has 4 atom stereocenters. The van der Waals surface area contributed by atoms with Crippen molar-refractivity contribution < 1.29 is 18.7 Å². The minimum absolute atomic E-state index is 0.0384. The van der Waals surface area contributed by atoms with Crippen molar-refractivity contribution in [3.05, 3.63) is 22.5 Å². The molecule has 1 saturated heterocycles. The molecule has 0 spiro atoms. The Morgan fingerprint density at radius 2 is 1.77 bits per heavy atom. The lowest BCUT2D eigenvalue weighted by Gasteiger charge is -2.45. The number of anilines is 1. The highest BCUT2D eigenvalue weighted by molar-refractivity contribution is 6.81. The van der Waals surface area contributed by atoms with Crippen LogP contribution in [0.1, 0.15) is 54.2 Å². The van der Waals surface area contributed by atoms with Crippen molar-refractivity contribution in [3.8, 4) is 0 Å². The van der Waals surface area contributed by atoms with E-state index < -0.39 is 57.9 Å². The van der Waals surface area contributed by atoms with Crippen LogP contribution in [-0.2, 0) is 9.16 Å². The number of nitrogen functional groups attached to an aromatic ring is 1. The minimum Gasteiger partial charge on any atom is -0.411 e. The van der Waals surface area contributed by atoms with E-state index >= 15 is 0 Å². The van der Waals surface area contributed by atoms with E-state index in [4.69, 9.17) is 14.9 Å². The van der Waals surface area contributed by atoms with E-state index in [1.165, 1.54) is 0 Å². The normalized spacial score (nSPS) is 24.5. The predicted octanol–water partition coefficient (Wildman–Crippen LogP) is 4.05. The van der Waals surface area contributed by atoms with Gasteiger partial charge in [-0.2, -0.15) is 4.98 Å². The van der Waals surface area contributed by atoms with Gasteiger partial charge in [0.15, 0.2) is 20.0 Å². The fourth-order valence-corrected chi connectivity index (χ4v) is 6.65. The number of nitrogens with zero attached hydrogens (tertiary/aromatic N) is 2. The molecular formula is C21H40FN3O4Si2. The molecule has 1 unspecified atom stereocenters. The van der Waals surface area contributed by atoms with Crippen LogP contribution in [0.15, 0.2) is 11.0 Å². The average Bonchev–Trinajstić information content (AvgIpc) is 2.98. The third-order valence-corrected chi connectivity index (χ3v) is 17.8. The maximum absolute atomic E-state index is 14.1. The highest BCUT2D eigenvalue weighted by Crippen LogP contribution is 2.45. The Kier molecular flexibility index (Phi) is 7.06. The van der Waals surface area contributed by atoms with Gasteiger partial charge >= 0.3 is 5.69 Å². The van der Waals surface area contributed by atoms with Crippen molar-refractivity contribution in [2.45, 2.75) is 108 Å². The number of aliphatic hydroxyl groups is 1. The summed E-state index contributed by atoms with van der Waals surface area (Å²) in [4.78, 5) is 16.0. The van der Waals surface area contributed by atoms with Gasteiger partial charge in [-0.15, -0.1) is 0 Å². The lowest BCUT2D eigenvalue weighted by atomic mass is 10.2. The first kappa shape index (κ1) is 26.2. The van der Waals surface area contributed by atoms with Gasteiger partial charge in [-0.3, -0.25) is 4.57 Å². The number of aromatic nitrogens is 2. The van der Waals surface area contributed by atoms with Crippen LogP contribution in [0.2, 0.25) is 36.3 Å². The van der Waals surface area contributed by atoms with Crippen LogP contribution >= 0.6 is 0 Å². The van der Waals surface area contributed by atoms with Gasteiger partial charge in [0.25, 0.3) is 0 Å². The third kappa shape index (κ3) is 5.13. The molecule has 0 saturated carbocycles. The molecule has 7 nitrogen and oxygen atoms in total. The van der Waals surface area contributed by atoms with Gasteiger partial charge in [0.2, 0.25) is 0 Å². The van der Waals surface area contributed by atoms with E-state index in [1.807, 2.05) is 0 Å². The quantitative estimate of drug-likeness (QED) is 0.626. The zero-order chi connectivity index (χ0) is 24.2. The van der Waals surface area contributed by atoms with Gasteiger partial charge in [0.1, 0.15) is 12.3 Å². The number of hydrogen-bond donors (Lipinski definition) is 2. The summed E-state index contributed by atoms with van der Waals surface area (Å²) in [6.07, 6.45) is -0.461. The number of ether oxygens (including phenoxy) is 1. The van der Waals surface area contributed by atoms with Gasteiger partial charge in [0.05, 0.1) is 26.1 Å². The Labute approximate surface area is 187 Å². The van der Waals surface area contributed by atoms with Crippen LogP contribution in [0.25, 0.3) is 0 Å². The topological polar surface area (TPSA) is 99.6 Å². The molecule has 0 radical (unpaired) electrons. The molecular weight excluding hydrogens is 433 g/mol. The predicted molar refractivity (Wildman–Crippen MR) is 127 cm³/mol. The minimum atomic E-state index is -2.23. The molecule has 1 fully saturated rings. The van der Waals surface area contributed by atoms with E-state index in [0.717, 1.165) is 10.8 Å². The average molecular weight is 474 g/mol. The van der Waals surface area contributed by atoms with Crippen molar-refractivity contribution >= 4 is 22.2 Å². The lowest BCUT2D eigenvalue weighted by Crippen LogP contribution is -2.58. The number of nitrogens with two attached hydrogens (primary N) is 1. The highest BCUT2D eigenvalue weighted by atomic mass is 28.4. The Bertz CT molecular complexity index is 862. The summed E-state index contributed by atoms with van der Waals surface area (Å²) in [6.45, 7) is 21.4. The summed E-state index contributed by atoms with van der Waals surface area (Å²) in [5, 5.41) is 11.4. The summed E-state index contributed by atoms with van der Waals surface area (Å²) >= 11 is 0. The molecule has 1 aromatic rings. The molecule has 178 valence electrons. The van der Waals surface area contributed by atoms with E-state index in [9.17, 15) is 14.3 Å². The first-order chi connectivity index (χ1) is 13.8. The molecule has 31 heavy (non-hydrogen) atoms. The molecule has 3 N–H and O–H groups in total. The standard InChI is InChI=1S/C21H40FN3O4Si2/c1-20(2,3)30(7,8)18(26)16-14(29-31(9,10)21(4,5)6)11-15(28-16)25-12-13(22)17(23)24-19(25)27/h12,14-16,18,26H,11H2,1-10H3,(H2,23,24,27)/t14-,15+,16+,18?/m0/s1. The van der Waals surface area contributed by atoms with E-state index in [2.05, 4.69) is 72.7 Å². The fraction of sp³-hybridized carbons (Fsp3) is 0.810. The zero-order valence-electron chi connectivity index (χ0n) is 20.6. The SMILES string of the molecule is CC(C)(C)[Si](C)(C)O[C@H]1C[C@H](n2cc(F)c(N)nc2=O)O[C@H]1C(O)[Si](C)(C)C(C)(C)C. The molecule has 1 aliphatic rings. The van der Waals surface area contributed by atoms with Crippen LogP contribution in [-0.4, -0.2) is 49.0 Å². The van der Waals surface area contributed by atoms with Crippen molar-refractivity contribution in [1.82, 2.24) is 9.55 Å². The second-order valence-corrected chi connectivity index (χ2v) is 22.1. The first-order valence-corrected chi connectivity index (χ1v) is 16.8. The van der Waals surface area contributed by atoms with Crippen LogP contribution in [0.4, 0.5) is 10.2 Å². The summed E-state index contributed by atoms with van der Waals surface area (Å²) in [5.41, 5.74) is 4.02. The van der Waals surface area contributed by atoms with E-state index in [0.29, 0.717) is 6.42 Å². The molecule has 1 aliphatic heterocycles. The number of halogens is 1. The van der Waals surface area contributed by atoms with Gasteiger partial charge in [0, 0.05) is 6.42 Å². The van der Waals surface area contributed by atoms with Crippen LogP contribution in [0.3, 0.4) is 0 Å². The Hall–Kier alpha value is -1.08. The smallest absolute Gasteiger partial charge is 0.351 e. The summed E-state index contributed by atoms with van der Waals surface area (Å²) in [6, 6.07) is 0. The van der Waals surface area contributed by atoms with Crippen LogP contribution in [0.5, 0.6) is 0 Å². The first-order valence-electron chi connectivity index (χ1n) is 10.8. The molecule has 0 aliphatic carbocycles. The van der Waals surface area contributed by atoms with Crippen molar-refractivity contribution in [1.29, 1.82) is 0 Å². The molecule has 2 heterocycles. The van der Waals surface area contributed by atoms with Gasteiger partial charge in [-0.05, 0) is 23.2 Å². The largest absolute Gasteiger partial charge is 0.411 e. The van der Waals surface area contributed by atoms with Crippen LogP contribution < -0.4 is 11.4 Å². The molecule has 0 amide bonds. The summed E-state index contributed by atoms with van der Waals surface area (Å²) in [5.74, 6) is -1.22.